The maximum atomic E-state index is 12.4. The van der Waals surface area contributed by atoms with Gasteiger partial charge in [-0.3, -0.25) is 4.79 Å². The SMILES string of the molecule is COc1cc([C@H]2CC(=O)Nc3c2cnn3C(C)(C)C)ccc1OCC(C)C. The van der Waals surface area contributed by atoms with Crippen molar-refractivity contribution in [3.05, 3.63) is 35.5 Å². The van der Waals surface area contributed by atoms with E-state index in [1.165, 1.54) is 0 Å². The van der Waals surface area contributed by atoms with Crippen molar-refractivity contribution in [2.75, 3.05) is 19.0 Å². The van der Waals surface area contributed by atoms with Crippen LogP contribution in [0.25, 0.3) is 0 Å². The number of nitrogens with one attached hydrogen (secondary N) is 1. The van der Waals surface area contributed by atoms with Gasteiger partial charge in [-0.15, -0.1) is 0 Å². The fourth-order valence-electron chi connectivity index (χ4n) is 3.30. The average Bonchev–Trinajstić information content (AvgIpc) is 3.03. The quantitative estimate of drug-likeness (QED) is 0.857. The number of rotatable bonds is 5. The largest absolute Gasteiger partial charge is 0.493 e. The Hall–Kier alpha value is -2.50. The van der Waals surface area contributed by atoms with Crippen molar-refractivity contribution >= 4 is 11.7 Å². The Balaban J connectivity index is 1.98. The highest BCUT2D eigenvalue weighted by atomic mass is 16.5. The van der Waals surface area contributed by atoms with Gasteiger partial charge in [0.25, 0.3) is 0 Å². The highest BCUT2D eigenvalue weighted by Gasteiger charge is 2.33. The Morgan fingerprint density at radius 1 is 1.30 bits per heavy atom. The molecule has 27 heavy (non-hydrogen) atoms. The molecule has 0 aliphatic carbocycles. The standard InChI is InChI=1S/C21H29N3O3/c1-13(2)12-27-17-8-7-14(9-18(17)26-6)15-10-19(25)23-20-16(15)11-22-24(20)21(3,4)5/h7-9,11,13,15H,10,12H2,1-6H3,(H,23,25)/t15-/m1/s1. The maximum absolute atomic E-state index is 12.4. The summed E-state index contributed by atoms with van der Waals surface area (Å²) >= 11 is 0. The number of hydrogen-bond acceptors (Lipinski definition) is 4. The number of nitrogens with zero attached hydrogens (tertiary/aromatic N) is 2. The van der Waals surface area contributed by atoms with Crippen LogP contribution in [-0.2, 0) is 10.3 Å². The number of anilines is 1. The third-order valence-corrected chi connectivity index (χ3v) is 4.62. The highest BCUT2D eigenvalue weighted by molar-refractivity contribution is 5.94. The zero-order valence-electron chi connectivity index (χ0n) is 17.0. The molecule has 0 fully saturated rings. The van der Waals surface area contributed by atoms with E-state index >= 15 is 0 Å². The predicted octanol–water partition coefficient (Wildman–Crippen LogP) is 4.16. The van der Waals surface area contributed by atoms with Crippen LogP contribution < -0.4 is 14.8 Å². The molecule has 3 rings (SSSR count). The molecular weight excluding hydrogens is 342 g/mol. The van der Waals surface area contributed by atoms with E-state index in [4.69, 9.17) is 9.47 Å². The number of methoxy groups -OCH3 is 1. The lowest BCUT2D eigenvalue weighted by atomic mass is 9.87. The van der Waals surface area contributed by atoms with Crippen LogP contribution in [0.1, 0.15) is 58.1 Å². The molecule has 146 valence electrons. The molecule has 1 N–H and O–H groups in total. The molecule has 1 aliphatic heterocycles. The van der Waals surface area contributed by atoms with Crippen LogP contribution >= 0.6 is 0 Å². The van der Waals surface area contributed by atoms with Crippen LogP contribution in [0, 0.1) is 5.92 Å². The third-order valence-electron chi connectivity index (χ3n) is 4.62. The summed E-state index contributed by atoms with van der Waals surface area (Å²) in [5.41, 5.74) is 1.84. The lowest BCUT2D eigenvalue weighted by Gasteiger charge is -2.28. The van der Waals surface area contributed by atoms with E-state index in [0.29, 0.717) is 24.7 Å². The first-order valence-electron chi connectivity index (χ1n) is 9.39. The number of ether oxygens (including phenoxy) is 2. The molecule has 0 unspecified atom stereocenters. The molecule has 6 heteroatoms. The van der Waals surface area contributed by atoms with Gasteiger partial charge in [0.2, 0.25) is 5.91 Å². The van der Waals surface area contributed by atoms with E-state index in [9.17, 15) is 4.79 Å². The summed E-state index contributed by atoms with van der Waals surface area (Å²) in [6.07, 6.45) is 2.25. The first-order chi connectivity index (χ1) is 12.7. The zero-order chi connectivity index (χ0) is 19.8. The first kappa shape index (κ1) is 19.3. The molecular formula is C21H29N3O3. The van der Waals surface area contributed by atoms with Gasteiger partial charge in [0.15, 0.2) is 11.5 Å². The van der Waals surface area contributed by atoms with E-state index in [0.717, 1.165) is 22.7 Å². The number of amides is 1. The normalized spacial score (nSPS) is 16.9. The smallest absolute Gasteiger partial charge is 0.226 e. The monoisotopic (exact) mass is 371 g/mol. The van der Waals surface area contributed by atoms with Crippen molar-refractivity contribution < 1.29 is 14.3 Å². The predicted molar refractivity (Wildman–Crippen MR) is 106 cm³/mol. The number of carbonyl (C=O) groups is 1. The molecule has 1 aromatic carbocycles. The van der Waals surface area contributed by atoms with E-state index in [1.807, 2.05) is 29.1 Å². The summed E-state index contributed by atoms with van der Waals surface area (Å²) in [5.74, 6) is 2.56. The number of benzene rings is 1. The van der Waals surface area contributed by atoms with Gasteiger partial charge in [0.1, 0.15) is 5.82 Å². The van der Waals surface area contributed by atoms with Gasteiger partial charge in [-0.1, -0.05) is 19.9 Å². The molecule has 1 aromatic heterocycles. The molecule has 1 amide bonds. The van der Waals surface area contributed by atoms with Crippen molar-refractivity contribution in [3.8, 4) is 11.5 Å². The molecule has 6 nitrogen and oxygen atoms in total. The van der Waals surface area contributed by atoms with E-state index in [2.05, 4.69) is 45.0 Å². The minimum Gasteiger partial charge on any atom is -0.493 e. The van der Waals surface area contributed by atoms with Gasteiger partial charge in [0.05, 0.1) is 25.5 Å². The minimum atomic E-state index is -0.213. The average molecular weight is 371 g/mol. The topological polar surface area (TPSA) is 65.4 Å². The number of aromatic nitrogens is 2. The van der Waals surface area contributed by atoms with Gasteiger partial charge in [-0.05, 0) is 44.4 Å². The number of fused-ring (bicyclic) bond motifs is 1. The number of carbonyl (C=O) groups excluding carboxylic acids is 1. The Labute approximate surface area is 160 Å². The summed E-state index contributed by atoms with van der Waals surface area (Å²) in [6.45, 7) is 11.1. The second-order valence-corrected chi connectivity index (χ2v) is 8.45. The van der Waals surface area contributed by atoms with Crippen molar-refractivity contribution in [1.82, 2.24) is 9.78 Å². The van der Waals surface area contributed by atoms with E-state index < -0.39 is 0 Å². The summed E-state index contributed by atoms with van der Waals surface area (Å²) in [4.78, 5) is 12.4. The van der Waals surface area contributed by atoms with Crippen molar-refractivity contribution in [2.24, 2.45) is 5.92 Å². The molecule has 2 heterocycles. The molecule has 1 atom stereocenters. The van der Waals surface area contributed by atoms with Gasteiger partial charge in [-0.25, -0.2) is 4.68 Å². The Kier molecular flexibility index (Phi) is 5.18. The molecule has 0 saturated heterocycles. The Morgan fingerprint density at radius 2 is 2.04 bits per heavy atom. The van der Waals surface area contributed by atoms with E-state index in [-0.39, 0.29) is 17.4 Å². The van der Waals surface area contributed by atoms with Crippen molar-refractivity contribution in [1.29, 1.82) is 0 Å². The van der Waals surface area contributed by atoms with Crippen LogP contribution in [0.4, 0.5) is 5.82 Å². The fourth-order valence-corrected chi connectivity index (χ4v) is 3.30. The lowest BCUT2D eigenvalue weighted by Crippen LogP contribution is -2.30. The fraction of sp³-hybridized carbons (Fsp3) is 0.524. The first-order valence-corrected chi connectivity index (χ1v) is 9.39. The van der Waals surface area contributed by atoms with Gasteiger partial charge in [-0.2, -0.15) is 5.10 Å². The Bertz CT molecular complexity index is 834. The summed E-state index contributed by atoms with van der Waals surface area (Å²) in [6, 6.07) is 5.91. The van der Waals surface area contributed by atoms with Crippen LogP contribution in [0.5, 0.6) is 11.5 Å². The van der Waals surface area contributed by atoms with Crippen molar-refractivity contribution in [2.45, 2.75) is 52.5 Å². The second kappa shape index (κ2) is 7.25. The maximum Gasteiger partial charge on any atom is 0.226 e. The van der Waals surface area contributed by atoms with Gasteiger partial charge in [0, 0.05) is 17.9 Å². The molecule has 0 bridgehead atoms. The third kappa shape index (κ3) is 3.94. The Morgan fingerprint density at radius 3 is 2.67 bits per heavy atom. The van der Waals surface area contributed by atoms with Gasteiger partial charge < -0.3 is 14.8 Å². The van der Waals surface area contributed by atoms with Crippen LogP contribution in [-0.4, -0.2) is 29.4 Å². The molecule has 0 saturated carbocycles. The van der Waals surface area contributed by atoms with Crippen LogP contribution in [0.3, 0.4) is 0 Å². The summed E-state index contributed by atoms with van der Waals surface area (Å²) in [7, 11) is 1.64. The molecule has 0 spiro atoms. The lowest BCUT2D eigenvalue weighted by molar-refractivity contribution is -0.116. The molecule has 2 aromatic rings. The summed E-state index contributed by atoms with van der Waals surface area (Å²) in [5, 5.41) is 7.53. The van der Waals surface area contributed by atoms with Crippen molar-refractivity contribution in [3.63, 3.8) is 0 Å². The van der Waals surface area contributed by atoms with Crippen LogP contribution in [0.15, 0.2) is 24.4 Å². The van der Waals surface area contributed by atoms with Crippen LogP contribution in [0.2, 0.25) is 0 Å². The minimum absolute atomic E-state index is 0.00222. The van der Waals surface area contributed by atoms with Gasteiger partial charge >= 0.3 is 0 Å². The van der Waals surface area contributed by atoms with E-state index in [1.54, 1.807) is 7.11 Å². The number of hydrogen-bond donors (Lipinski definition) is 1. The highest BCUT2D eigenvalue weighted by Crippen LogP contribution is 2.41. The zero-order valence-corrected chi connectivity index (χ0v) is 17.0. The molecule has 1 aliphatic rings. The second-order valence-electron chi connectivity index (χ2n) is 8.45. The molecule has 0 radical (unpaired) electrons. The summed E-state index contributed by atoms with van der Waals surface area (Å²) < 4.78 is 13.3.